The third kappa shape index (κ3) is 3.39. The van der Waals surface area contributed by atoms with Crippen molar-refractivity contribution in [2.24, 2.45) is 0 Å². The second kappa shape index (κ2) is 6.34. The van der Waals surface area contributed by atoms with Crippen LogP contribution in [0.3, 0.4) is 0 Å². The molecule has 0 heterocycles. The van der Waals surface area contributed by atoms with E-state index in [-0.39, 0.29) is 5.69 Å². The van der Waals surface area contributed by atoms with Crippen LogP contribution < -0.4 is 4.90 Å². The topological polar surface area (TPSA) is 3.24 Å². The van der Waals surface area contributed by atoms with E-state index in [2.05, 4.69) is 0 Å². The molecular weight excluding hydrogens is 358 g/mol. The zero-order valence-electron chi connectivity index (χ0n) is 11.8. The number of hydrogen-bond acceptors (Lipinski definition) is 1. The van der Waals surface area contributed by atoms with Gasteiger partial charge in [-0.25, -0.2) is 0 Å². The summed E-state index contributed by atoms with van der Waals surface area (Å²) >= 11 is 18.4. The van der Waals surface area contributed by atoms with Gasteiger partial charge in [-0.3, -0.25) is 0 Å². The van der Waals surface area contributed by atoms with Crippen LogP contribution in [0.1, 0.15) is 17.0 Å². The first-order chi connectivity index (χ1) is 10.1. The van der Waals surface area contributed by atoms with Crippen LogP contribution in [0.5, 0.6) is 0 Å². The first kappa shape index (κ1) is 17.5. The molecule has 0 aliphatic heterocycles. The Morgan fingerprint density at radius 2 is 1.77 bits per heavy atom. The van der Waals surface area contributed by atoms with Crippen molar-refractivity contribution in [3.63, 3.8) is 0 Å². The van der Waals surface area contributed by atoms with Crippen molar-refractivity contribution in [1.29, 1.82) is 0 Å². The van der Waals surface area contributed by atoms with E-state index >= 15 is 0 Å². The molecule has 0 fully saturated rings. The number of para-hydroxylation sites is 1. The molecule has 0 saturated carbocycles. The molecule has 0 N–H and O–H groups in total. The quantitative estimate of drug-likeness (QED) is 0.602. The summed E-state index contributed by atoms with van der Waals surface area (Å²) in [5, 5.41) is 0.0711. The summed E-state index contributed by atoms with van der Waals surface area (Å²) in [4.78, 5) is 1.42. The monoisotopic (exact) mass is 369 g/mol. The van der Waals surface area contributed by atoms with Crippen molar-refractivity contribution >= 4 is 40.5 Å². The number of benzene rings is 1. The normalized spacial score (nSPS) is 22.2. The minimum absolute atomic E-state index is 0.0589. The maximum absolute atomic E-state index is 13.3. The number of alkyl halides is 4. The SMILES string of the molecule is CN(C)c1c(C2C(Cl)=CC(Cl)=CC2Cl)cccc1C(F)(F)F. The maximum Gasteiger partial charge on any atom is 0.418 e. The molecule has 0 amide bonds. The molecule has 2 atom stereocenters. The Kier molecular flexibility index (Phi) is 5.05. The number of hydrogen-bond donors (Lipinski definition) is 0. The van der Waals surface area contributed by atoms with Gasteiger partial charge in [0.05, 0.1) is 16.6 Å². The van der Waals surface area contributed by atoms with Gasteiger partial charge in [0.15, 0.2) is 0 Å². The molecule has 0 spiro atoms. The molecule has 7 heteroatoms. The number of rotatable bonds is 2. The van der Waals surface area contributed by atoms with Gasteiger partial charge < -0.3 is 4.90 Å². The van der Waals surface area contributed by atoms with E-state index < -0.39 is 23.0 Å². The van der Waals surface area contributed by atoms with Crippen molar-refractivity contribution in [2.75, 3.05) is 19.0 Å². The minimum Gasteiger partial charge on any atom is -0.377 e. The Morgan fingerprint density at radius 1 is 1.14 bits per heavy atom. The van der Waals surface area contributed by atoms with Gasteiger partial charge in [0.25, 0.3) is 0 Å². The Labute approximate surface area is 141 Å². The van der Waals surface area contributed by atoms with Gasteiger partial charge in [-0.1, -0.05) is 35.3 Å². The van der Waals surface area contributed by atoms with Crippen LogP contribution in [0, 0.1) is 0 Å². The van der Waals surface area contributed by atoms with E-state index in [9.17, 15) is 13.2 Å². The molecule has 0 aromatic heterocycles. The van der Waals surface area contributed by atoms with Gasteiger partial charge in [-0.15, -0.1) is 11.6 Å². The third-order valence-electron chi connectivity index (χ3n) is 3.36. The molecule has 1 aliphatic carbocycles. The molecule has 2 unspecified atom stereocenters. The first-order valence-electron chi connectivity index (χ1n) is 6.39. The van der Waals surface area contributed by atoms with Crippen LogP contribution in [0.4, 0.5) is 18.9 Å². The van der Waals surface area contributed by atoms with E-state index in [1.807, 2.05) is 0 Å². The molecular formula is C15H13Cl3F3N. The Bertz CT molecular complexity index is 635. The summed E-state index contributed by atoms with van der Waals surface area (Å²) < 4.78 is 39.8. The largest absolute Gasteiger partial charge is 0.418 e. The average molecular weight is 371 g/mol. The van der Waals surface area contributed by atoms with Gasteiger partial charge in [0.2, 0.25) is 0 Å². The van der Waals surface area contributed by atoms with Gasteiger partial charge in [-0.2, -0.15) is 13.2 Å². The highest BCUT2D eigenvalue weighted by atomic mass is 35.5. The minimum atomic E-state index is -4.46. The third-order valence-corrected chi connectivity index (χ3v) is 4.32. The molecule has 1 aromatic carbocycles. The summed E-state index contributed by atoms with van der Waals surface area (Å²) in [5.74, 6) is -0.578. The van der Waals surface area contributed by atoms with Crippen molar-refractivity contribution < 1.29 is 13.2 Å². The van der Waals surface area contributed by atoms with Crippen molar-refractivity contribution in [3.8, 4) is 0 Å². The highest BCUT2D eigenvalue weighted by molar-refractivity contribution is 6.37. The number of halogens is 6. The summed E-state index contributed by atoms with van der Waals surface area (Å²) in [6.07, 6.45) is -1.39. The molecule has 0 radical (unpaired) electrons. The lowest BCUT2D eigenvalue weighted by molar-refractivity contribution is -0.137. The fraction of sp³-hybridized carbons (Fsp3) is 0.333. The van der Waals surface area contributed by atoms with Gasteiger partial charge in [0.1, 0.15) is 0 Å². The van der Waals surface area contributed by atoms with Crippen molar-refractivity contribution in [3.05, 3.63) is 51.5 Å². The van der Waals surface area contributed by atoms with E-state index in [0.717, 1.165) is 6.07 Å². The Hall–Kier alpha value is -0.840. The summed E-state index contributed by atoms with van der Waals surface area (Å²) in [6, 6.07) is 4.01. The number of allylic oxidation sites excluding steroid dienone is 4. The lowest BCUT2D eigenvalue weighted by Crippen LogP contribution is -2.23. The second-order valence-corrected chi connectivity index (χ2v) is 6.52. The first-order valence-corrected chi connectivity index (χ1v) is 7.58. The van der Waals surface area contributed by atoms with Crippen LogP contribution >= 0.6 is 34.8 Å². The van der Waals surface area contributed by atoms with E-state index in [1.165, 1.54) is 17.0 Å². The Balaban J connectivity index is 2.64. The summed E-state index contributed by atoms with van der Waals surface area (Å²) in [6.45, 7) is 0. The molecule has 0 bridgehead atoms. The predicted molar refractivity (Wildman–Crippen MR) is 86.0 cm³/mol. The summed E-state index contributed by atoms with van der Waals surface area (Å²) in [7, 11) is 3.11. The van der Waals surface area contributed by atoms with Crippen molar-refractivity contribution in [1.82, 2.24) is 0 Å². The van der Waals surface area contributed by atoms with Crippen LogP contribution in [-0.4, -0.2) is 19.5 Å². The van der Waals surface area contributed by atoms with Gasteiger partial charge in [-0.05, 0) is 23.8 Å². The standard InChI is InChI=1S/C15H13Cl3F3N/c1-22(2)14-9(4-3-5-10(14)15(19,20)21)13-11(17)6-8(16)7-12(13)18/h3-7,11,13H,1-2H3. The molecule has 22 heavy (non-hydrogen) atoms. The molecule has 120 valence electrons. The molecule has 1 aromatic rings. The van der Waals surface area contributed by atoms with Gasteiger partial charge >= 0.3 is 6.18 Å². The van der Waals surface area contributed by atoms with Crippen LogP contribution in [0.2, 0.25) is 0 Å². The second-order valence-electron chi connectivity index (χ2n) is 5.14. The zero-order chi connectivity index (χ0) is 16.7. The number of nitrogens with zero attached hydrogens (tertiary/aromatic N) is 1. The predicted octanol–water partition coefficient (Wildman–Crippen LogP) is 5.72. The molecule has 0 saturated heterocycles. The lowest BCUT2D eigenvalue weighted by Gasteiger charge is -2.30. The highest BCUT2D eigenvalue weighted by Crippen LogP contribution is 2.46. The zero-order valence-corrected chi connectivity index (χ0v) is 14.0. The van der Waals surface area contributed by atoms with Crippen LogP contribution in [-0.2, 0) is 6.18 Å². The summed E-state index contributed by atoms with van der Waals surface area (Å²) in [5.41, 5.74) is -0.242. The highest BCUT2D eigenvalue weighted by Gasteiger charge is 2.37. The fourth-order valence-electron chi connectivity index (χ4n) is 2.53. The molecule has 2 rings (SSSR count). The van der Waals surface area contributed by atoms with E-state index in [4.69, 9.17) is 34.8 Å². The maximum atomic E-state index is 13.3. The Morgan fingerprint density at radius 3 is 2.27 bits per heavy atom. The molecule has 1 nitrogen and oxygen atoms in total. The number of anilines is 1. The smallest absolute Gasteiger partial charge is 0.377 e. The van der Waals surface area contributed by atoms with Crippen molar-refractivity contribution in [2.45, 2.75) is 17.5 Å². The average Bonchev–Trinajstić information content (AvgIpc) is 2.35. The lowest BCUT2D eigenvalue weighted by atomic mass is 9.88. The van der Waals surface area contributed by atoms with Crippen LogP contribution in [0.25, 0.3) is 0 Å². The van der Waals surface area contributed by atoms with Crippen LogP contribution in [0.15, 0.2) is 40.4 Å². The fourth-order valence-corrected chi connectivity index (χ4v) is 3.75. The van der Waals surface area contributed by atoms with Gasteiger partial charge in [0, 0.05) is 30.1 Å². The molecule has 1 aliphatic rings. The van der Waals surface area contributed by atoms with E-state index in [1.54, 1.807) is 26.2 Å². The van der Waals surface area contributed by atoms with E-state index in [0.29, 0.717) is 15.6 Å².